The average Bonchev–Trinajstić information content (AvgIpc) is 2.75. The summed E-state index contributed by atoms with van der Waals surface area (Å²) in [5.74, 6) is 0.126. The van der Waals surface area contributed by atoms with Gasteiger partial charge in [-0.25, -0.2) is 8.42 Å². The normalized spacial score (nSPS) is 11.7. The second-order valence-electron chi connectivity index (χ2n) is 4.11. The van der Waals surface area contributed by atoms with Gasteiger partial charge in [0.2, 0.25) is 10.0 Å². The molecule has 18 heavy (non-hydrogen) atoms. The van der Waals surface area contributed by atoms with Gasteiger partial charge in [0.15, 0.2) is 0 Å². The number of nitrogens with one attached hydrogen (secondary N) is 2. The second kappa shape index (κ2) is 7.38. The van der Waals surface area contributed by atoms with Crippen molar-refractivity contribution in [1.82, 2.24) is 15.1 Å². The van der Waals surface area contributed by atoms with Crippen molar-refractivity contribution in [2.75, 3.05) is 23.6 Å². The minimum atomic E-state index is -3.26. The summed E-state index contributed by atoms with van der Waals surface area (Å²) in [6.07, 6.45) is 4.88. The lowest BCUT2D eigenvalue weighted by atomic mass is 10.4. The van der Waals surface area contributed by atoms with Crippen molar-refractivity contribution in [1.29, 1.82) is 0 Å². The summed E-state index contributed by atoms with van der Waals surface area (Å²) >= 11 is 0. The third-order valence-electron chi connectivity index (χ3n) is 2.42. The first-order chi connectivity index (χ1) is 8.57. The first-order valence-corrected chi connectivity index (χ1v) is 7.96. The van der Waals surface area contributed by atoms with Crippen LogP contribution < -0.4 is 10.0 Å². The quantitative estimate of drug-likeness (QED) is 0.660. The molecule has 0 unspecified atom stereocenters. The van der Waals surface area contributed by atoms with E-state index in [9.17, 15) is 8.42 Å². The largest absolute Gasteiger partial charge is 0.317 e. The first kappa shape index (κ1) is 15.0. The molecule has 104 valence electrons. The summed E-state index contributed by atoms with van der Waals surface area (Å²) in [5, 5.41) is 7.19. The lowest BCUT2D eigenvalue weighted by Gasteiger charge is -2.06. The minimum Gasteiger partial charge on any atom is -0.317 e. The van der Waals surface area contributed by atoms with Crippen LogP contribution in [0.1, 0.15) is 26.7 Å². The molecule has 1 heterocycles. The maximum atomic E-state index is 11.8. The molecule has 0 aliphatic heterocycles. The fourth-order valence-corrected chi connectivity index (χ4v) is 2.60. The average molecular weight is 274 g/mol. The second-order valence-corrected chi connectivity index (χ2v) is 5.95. The van der Waals surface area contributed by atoms with Gasteiger partial charge in [0.25, 0.3) is 0 Å². The van der Waals surface area contributed by atoms with Gasteiger partial charge in [-0.15, -0.1) is 0 Å². The van der Waals surface area contributed by atoms with E-state index >= 15 is 0 Å². The first-order valence-electron chi connectivity index (χ1n) is 6.31. The van der Waals surface area contributed by atoms with Gasteiger partial charge in [0, 0.05) is 12.7 Å². The third kappa shape index (κ3) is 5.50. The number of nitrogens with zero attached hydrogens (tertiary/aromatic N) is 2. The molecule has 0 fully saturated rings. The Balaban J connectivity index is 2.35. The Bertz CT molecular complexity index is 442. The van der Waals surface area contributed by atoms with Crippen molar-refractivity contribution in [3.8, 4) is 0 Å². The number of hydrogen-bond acceptors (Lipinski definition) is 4. The summed E-state index contributed by atoms with van der Waals surface area (Å²) < 4.78 is 27.7. The van der Waals surface area contributed by atoms with Crippen molar-refractivity contribution in [3.05, 3.63) is 12.4 Å². The van der Waals surface area contributed by atoms with E-state index in [4.69, 9.17) is 0 Å². The van der Waals surface area contributed by atoms with E-state index in [1.54, 1.807) is 10.9 Å². The van der Waals surface area contributed by atoms with Crippen molar-refractivity contribution < 1.29 is 8.42 Å². The zero-order chi connectivity index (χ0) is 13.4. The van der Waals surface area contributed by atoms with Crippen LogP contribution in [0.3, 0.4) is 0 Å². The molecule has 1 rings (SSSR count). The number of hydrogen-bond donors (Lipinski definition) is 2. The van der Waals surface area contributed by atoms with E-state index in [0.717, 1.165) is 26.1 Å². The molecule has 0 aromatic carbocycles. The maximum absolute atomic E-state index is 11.8. The molecule has 6 nitrogen and oxygen atoms in total. The summed E-state index contributed by atoms with van der Waals surface area (Å²) in [5.41, 5.74) is 0.526. The summed E-state index contributed by atoms with van der Waals surface area (Å²) in [6.45, 7) is 6.41. The van der Waals surface area contributed by atoms with Crippen molar-refractivity contribution in [3.63, 3.8) is 0 Å². The molecule has 1 aromatic rings. The topological polar surface area (TPSA) is 76.0 Å². The molecule has 0 bridgehead atoms. The van der Waals surface area contributed by atoms with Gasteiger partial charge in [0.1, 0.15) is 0 Å². The van der Waals surface area contributed by atoms with E-state index < -0.39 is 10.0 Å². The standard InChI is InChI=1S/C11H22N4O2S/c1-3-6-12-7-5-8-18(16,17)14-11-9-13-15(4-2)10-11/h9-10,12,14H,3-8H2,1-2H3. The van der Waals surface area contributed by atoms with Crippen LogP contribution in [-0.2, 0) is 16.6 Å². The van der Waals surface area contributed by atoms with E-state index in [1.807, 2.05) is 6.92 Å². The highest BCUT2D eigenvalue weighted by Gasteiger charge is 2.10. The van der Waals surface area contributed by atoms with Crippen LogP contribution in [0, 0.1) is 0 Å². The molecule has 0 aliphatic carbocycles. The molecule has 0 spiro atoms. The molecular weight excluding hydrogens is 252 g/mol. The fraction of sp³-hybridized carbons (Fsp3) is 0.727. The molecule has 0 aliphatic rings. The SMILES string of the molecule is CCCNCCCS(=O)(=O)Nc1cnn(CC)c1. The smallest absolute Gasteiger partial charge is 0.232 e. The molecule has 1 aromatic heterocycles. The zero-order valence-corrected chi connectivity index (χ0v) is 11.8. The van der Waals surface area contributed by atoms with Crippen LogP contribution in [0.4, 0.5) is 5.69 Å². The van der Waals surface area contributed by atoms with E-state index in [2.05, 4.69) is 22.1 Å². The van der Waals surface area contributed by atoms with Crippen LogP contribution in [-0.4, -0.2) is 37.0 Å². The lowest BCUT2D eigenvalue weighted by Crippen LogP contribution is -2.22. The Hall–Kier alpha value is -1.08. The van der Waals surface area contributed by atoms with E-state index in [-0.39, 0.29) is 5.75 Å². The third-order valence-corrected chi connectivity index (χ3v) is 3.80. The van der Waals surface area contributed by atoms with Crippen molar-refractivity contribution in [2.45, 2.75) is 33.2 Å². The predicted molar refractivity (Wildman–Crippen MR) is 73.1 cm³/mol. The molecule has 0 saturated heterocycles. The Labute approximate surface area is 109 Å². The molecule has 0 saturated carbocycles. The Kier molecular flexibility index (Phi) is 6.14. The number of rotatable bonds is 9. The summed E-state index contributed by atoms with van der Waals surface area (Å²) in [4.78, 5) is 0. The maximum Gasteiger partial charge on any atom is 0.232 e. The molecule has 0 atom stereocenters. The lowest BCUT2D eigenvalue weighted by molar-refractivity contribution is 0.593. The van der Waals surface area contributed by atoms with Crippen molar-refractivity contribution >= 4 is 15.7 Å². The highest BCUT2D eigenvalue weighted by Crippen LogP contribution is 2.08. The monoisotopic (exact) mass is 274 g/mol. The van der Waals surface area contributed by atoms with Gasteiger partial charge in [-0.05, 0) is 32.9 Å². The number of aryl methyl sites for hydroxylation is 1. The molecular formula is C11H22N4O2S. The van der Waals surface area contributed by atoms with Gasteiger partial charge in [-0.3, -0.25) is 9.40 Å². The summed E-state index contributed by atoms with van der Waals surface area (Å²) in [6, 6.07) is 0. The van der Waals surface area contributed by atoms with Crippen LogP contribution >= 0.6 is 0 Å². The predicted octanol–water partition coefficient (Wildman–Crippen LogP) is 1.03. The molecule has 2 N–H and O–H groups in total. The van der Waals surface area contributed by atoms with Gasteiger partial charge in [-0.1, -0.05) is 6.92 Å². The van der Waals surface area contributed by atoms with Crippen LogP contribution in [0.5, 0.6) is 0 Å². The zero-order valence-electron chi connectivity index (χ0n) is 11.0. The van der Waals surface area contributed by atoms with Crippen LogP contribution in [0.2, 0.25) is 0 Å². The number of aromatic nitrogens is 2. The van der Waals surface area contributed by atoms with Crippen molar-refractivity contribution in [2.24, 2.45) is 0 Å². The van der Waals surface area contributed by atoms with Crippen LogP contribution in [0.15, 0.2) is 12.4 Å². The van der Waals surface area contributed by atoms with E-state index in [1.165, 1.54) is 6.20 Å². The highest BCUT2D eigenvalue weighted by molar-refractivity contribution is 7.92. The Morgan fingerprint density at radius 3 is 2.72 bits per heavy atom. The molecule has 0 amide bonds. The van der Waals surface area contributed by atoms with Gasteiger partial charge in [-0.2, -0.15) is 5.10 Å². The fourth-order valence-electron chi connectivity index (χ4n) is 1.51. The molecule has 0 radical (unpaired) electrons. The highest BCUT2D eigenvalue weighted by atomic mass is 32.2. The van der Waals surface area contributed by atoms with Gasteiger partial charge < -0.3 is 5.32 Å². The van der Waals surface area contributed by atoms with Gasteiger partial charge >= 0.3 is 0 Å². The number of anilines is 1. The Morgan fingerprint density at radius 2 is 2.11 bits per heavy atom. The molecule has 7 heteroatoms. The van der Waals surface area contributed by atoms with Crippen LogP contribution in [0.25, 0.3) is 0 Å². The minimum absolute atomic E-state index is 0.126. The van der Waals surface area contributed by atoms with Gasteiger partial charge in [0.05, 0.1) is 17.6 Å². The Morgan fingerprint density at radius 1 is 1.33 bits per heavy atom. The number of sulfonamides is 1. The summed E-state index contributed by atoms with van der Waals surface area (Å²) in [7, 11) is -3.26. The van der Waals surface area contributed by atoms with E-state index in [0.29, 0.717) is 12.1 Å².